The summed E-state index contributed by atoms with van der Waals surface area (Å²) in [5, 5.41) is 7.11. The van der Waals surface area contributed by atoms with E-state index in [0.717, 1.165) is 23.0 Å². The number of nitrogens with one attached hydrogen (secondary N) is 1. The number of hydrogen-bond acceptors (Lipinski definition) is 4. The van der Waals surface area contributed by atoms with Crippen LogP contribution in [-0.4, -0.2) is 32.8 Å². The summed E-state index contributed by atoms with van der Waals surface area (Å²) in [7, 11) is 0. The molecule has 1 saturated carbocycles. The lowest BCUT2D eigenvalue weighted by molar-refractivity contribution is -0.127. The Bertz CT molecular complexity index is 654. The molecule has 1 fully saturated rings. The van der Waals surface area contributed by atoms with Gasteiger partial charge in [-0.05, 0) is 38.0 Å². The molecule has 21 heavy (non-hydrogen) atoms. The normalized spacial score (nSPS) is 15.5. The highest BCUT2D eigenvalue weighted by Crippen LogP contribution is 2.19. The van der Waals surface area contributed by atoms with E-state index < -0.39 is 6.10 Å². The summed E-state index contributed by atoms with van der Waals surface area (Å²) in [6.45, 7) is 1.69. The molecule has 0 aliphatic heterocycles. The Kier molecular flexibility index (Phi) is 3.92. The summed E-state index contributed by atoms with van der Waals surface area (Å²) in [4.78, 5) is 15.9. The largest absolute Gasteiger partial charge is 0.449 e. The van der Waals surface area contributed by atoms with E-state index in [1.165, 1.54) is 0 Å². The van der Waals surface area contributed by atoms with E-state index in [4.69, 9.17) is 4.74 Å². The molecule has 0 radical (unpaired) electrons. The first-order valence-corrected chi connectivity index (χ1v) is 7.56. The molecular weight excluding hydrogens is 336 g/mol. The van der Waals surface area contributed by atoms with Gasteiger partial charge in [0, 0.05) is 10.5 Å². The number of ether oxygens (including phenoxy) is 1. The quantitative estimate of drug-likeness (QED) is 0.896. The van der Waals surface area contributed by atoms with Gasteiger partial charge in [0.1, 0.15) is 6.33 Å². The number of carbonyl (C=O) groups excluding carboxylic acids is 1. The van der Waals surface area contributed by atoms with E-state index in [1.807, 2.05) is 24.3 Å². The van der Waals surface area contributed by atoms with Crippen molar-refractivity contribution in [3.05, 3.63) is 35.1 Å². The van der Waals surface area contributed by atoms with Crippen LogP contribution in [0.3, 0.4) is 0 Å². The first kappa shape index (κ1) is 14.1. The minimum Gasteiger partial charge on any atom is -0.449 e. The van der Waals surface area contributed by atoms with Crippen LogP contribution in [0.15, 0.2) is 35.1 Å². The zero-order valence-electron chi connectivity index (χ0n) is 11.5. The van der Waals surface area contributed by atoms with Crippen molar-refractivity contribution >= 4 is 21.8 Å². The fraction of sp³-hybridized carbons (Fsp3) is 0.357. The minimum absolute atomic E-state index is 0.128. The minimum atomic E-state index is -0.607. The highest BCUT2D eigenvalue weighted by Gasteiger charge is 2.26. The molecule has 1 aromatic heterocycles. The molecule has 2 aromatic rings. The smallest absolute Gasteiger partial charge is 0.336 e. The molecule has 1 aliphatic carbocycles. The monoisotopic (exact) mass is 350 g/mol. The van der Waals surface area contributed by atoms with Gasteiger partial charge in [-0.1, -0.05) is 22.0 Å². The van der Waals surface area contributed by atoms with Crippen LogP contribution in [0, 0.1) is 0 Å². The van der Waals surface area contributed by atoms with Gasteiger partial charge in [-0.15, -0.1) is 5.10 Å². The highest BCUT2D eigenvalue weighted by molar-refractivity contribution is 9.10. The Hall–Kier alpha value is -1.89. The molecule has 0 saturated heterocycles. The van der Waals surface area contributed by atoms with Crippen LogP contribution in [0.5, 0.6) is 6.01 Å². The van der Waals surface area contributed by atoms with Gasteiger partial charge in [0.25, 0.3) is 5.91 Å². The number of benzene rings is 1. The van der Waals surface area contributed by atoms with E-state index in [9.17, 15) is 4.79 Å². The van der Waals surface area contributed by atoms with Crippen LogP contribution in [0.25, 0.3) is 5.69 Å². The number of amides is 1. The lowest BCUT2D eigenvalue weighted by Crippen LogP contribution is -2.37. The summed E-state index contributed by atoms with van der Waals surface area (Å²) in [6, 6.07) is 8.17. The van der Waals surface area contributed by atoms with Crippen molar-refractivity contribution in [3.63, 3.8) is 0 Å². The standard InChI is InChI=1S/C14H15BrN4O2/c1-9(13(20)17-11-5-6-11)21-14-16-8-19(18-14)12-4-2-3-10(15)7-12/h2-4,7-9,11H,5-6H2,1H3,(H,17,20). The Morgan fingerprint density at radius 3 is 3.05 bits per heavy atom. The Morgan fingerprint density at radius 2 is 2.33 bits per heavy atom. The van der Waals surface area contributed by atoms with Crippen LogP contribution >= 0.6 is 15.9 Å². The van der Waals surface area contributed by atoms with Crippen molar-refractivity contribution in [1.82, 2.24) is 20.1 Å². The van der Waals surface area contributed by atoms with E-state index in [-0.39, 0.29) is 11.9 Å². The van der Waals surface area contributed by atoms with Crippen LogP contribution < -0.4 is 10.1 Å². The molecule has 1 atom stereocenters. The Balaban J connectivity index is 1.65. The van der Waals surface area contributed by atoms with Crippen molar-refractivity contribution < 1.29 is 9.53 Å². The van der Waals surface area contributed by atoms with Crippen molar-refractivity contribution in [3.8, 4) is 11.7 Å². The third-order valence-corrected chi connectivity index (χ3v) is 3.61. The van der Waals surface area contributed by atoms with Crippen LogP contribution in [0.4, 0.5) is 0 Å². The molecule has 1 aliphatic rings. The van der Waals surface area contributed by atoms with Crippen molar-refractivity contribution in [2.45, 2.75) is 31.9 Å². The summed E-state index contributed by atoms with van der Waals surface area (Å²) >= 11 is 3.41. The second-order valence-electron chi connectivity index (χ2n) is 4.99. The maximum atomic E-state index is 11.8. The third-order valence-electron chi connectivity index (χ3n) is 3.12. The maximum Gasteiger partial charge on any atom is 0.336 e. The van der Waals surface area contributed by atoms with Crippen LogP contribution in [0.1, 0.15) is 19.8 Å². The fourth-order valence-electron chi connectivity index (χ4n) is 1.80. The van der Waals surface area contributed by atoms with Gasteiger partial charge in [-0.3, -0.25) is 4.79 Å². The lowest BCUT2D eigenvalue weighted by atomic mass is 10.3. The number of rotatable bonds is 5. The molecule has 6 nitrogen and oxygen atoms in total. The van der Waals surface area contributed by atoms with Crippen molar-refractivity contribution in [2.24, 2.45) is 0 Å². The summed E-state index contributed by atoms with van der Waals surface area (Å²) < 4.78 is 8.03. The molecule has 0 bridgehead atoms. The zero-order valence-corrected chi connectivity index (χ0v) is 13.1. The predicted molar refractivity (Wildman–Crippen MR) is 80.3 cm³/mol. The molecule has 1 heterocycles. The molecule has 3 rings (SSSR count). The predicted octanol–water partition coefficient (Wildman–Crippen LogP) is 2.08. The van der Waals surface area contributed by atoms with Crippen molar-refractivity contribution in [2.75, 3.05) is 0 Å². The lowest BCUT2D eigenvalue weighted by Gasteiger charge is -2.11. The molecule has 110 valence electrons. The second kappa shape index (κ2) is 5.85. The Labute approximate surface area is 130 Å². The number of aromatic nitrogens is 3. The van der Waals surface area contributed by atoms with E-state index >= 15 is 0 Å². The maximum absolute atomic E-state index is 11.8. The number of halogens is 1. The van der Waals surface area contributed by atoms with Crippen LogP contribution in [0.2, 0.25) is 0 Å². The molecule has 1 unspecified atom stereocenters. The number of carbonyl (C=O) groups is 1. The molecule has 1 N–H and O–H groups in total. The van der Waals surface area contributed by atoms with Gasteiger partial charge < -0.3 is 10.1 Å². The molecule has 1 aromatic carbocycles. The van der Waals surface area contributed by atoms with Crippen molar-refractivity contribution in [1.29, 1.82) is 0 Å². The number of hydrogen-bond donors (Lipinski definition) is 1. The molecule has 1 amide bonds. The van der Waals surface area contributed by atoms with Gasteiger partial charge >= 0.3 is 6.01 Å². The first-order valence-electron chi connectivity index (χ1n) is 6.76. The van der Waals surface area contributed by atoms with Gasteiger partial charge in [-0.25, -0.2) is 4.68 Å². The van der Waals surface area contributed by atoms with E-state index in [2.05, 4.69) is 31.3 Å². The molecule has 0 spiro atoms. The number of nitrogens with zero attached hydrogens (tertiary/aromatic N) is 3. The second-order valence-corrected chi connectivity index (χ2v) is 5.91. The summed E-state index contributed by atoms with van der Waals surface area (Å²) in [5.41, 5.74) is 0.863. The topological polar surface area (TPSA) is 69.0 Å². The summed E-state index contributed by atoms with van der Waals surface area (Å²) in [6.07, 6.45) is 3.05. The van der Waals surface area contributed by atoms with Gasteiger partial charge in [0.15, 0.2) is 6.10 Å². The van der Waals surface area contributed by atoms with E-state index in [0.29, 0.717) is 6.04 Å². The third kappa shape index (κ3) is 3.60. The van der Waals surface area contributed by atoms with E-state index in [1.54, 1.807) is 17.9 Å². The Morgan fingerprint density at radius 1 is 1.52 bits per heavy atom. The first-order chi connectivity index (χ1) is 10.1. The van der Waals surface area contributed by atoms with Gasteiger partial charge in [0.2, 0.25) is 0 Å². The average Bonchev–Trinajstić information content (AvgIpc) is 3.14. The SMILES string of the molecule is CC(Oc1ncn(-c2cccc(Br)c2)n1)C(=O)NC1CC1. The average molecular weight is 351 g/mol. The van der Waals surface area contributed by atoms with Gasteiger partial charge in [0.05, 0.1) is 5.69 Å². The zero-order chi connectivity index (χ0) is 14.8. The van der Waals surface area contributed by atoms with Crippen LogP contribution in [-0.2, 0) is 4.79 Å². The fourth-order valence-corrected chi connectivity index (χ4v) is 2.19. The van der Waals surface area contributed by atoms with Gasteiger partial charge in [-0.2, -0.15) is 4.98 Å². The summed E-state index contributed by atoms with van der Waals surface area (Å²) in [5.74, 6) is -0.128. The molecular formula is C14H15BrN4O2. The molecule has 7 heteroatoms. The highest BCUT2D eigenvalue weighted by atomic mass is 79.9.